The van der Waals surface area contributed by atoms with Gasteiger partial charge < -0.3 is 10.1 Å². The van der Waals surface area contributed by atoms with Crippen molar-refractivity contribution in [3.05, 3.63) is 94.5 Å². The molecule has 1 amide bonds. The fourth-order valence-corrected chi connectivity index (χ4v) is 5.21. The summed E-state index contributed by atoms with van der Waals surface area (Å²) >= 11 is 6.13. The van der Waals surface area contributed by atoms with Crippen molar-refractivity contribution in [3.63, 3.8) is 0 Å². The van der Waals surface area contributed by atoms with Crippen molar-refractivity contribution in [1.82, 2.24) is 4.31 Å². The van der Waals surface area contributed by atoms with E-state index in [4.69, 9.17) is 16.3 Å². The van der Waals surface area contributed by atoms with Crippen LogP contribution in [0.5, 0.6) is 0 Å². The van der Waals surface area contributed by atoms with Gasteiger partial charge in [0.15, 0.2) is 6.61 Å². The zero-order valence-corrected chi connectivity index (χ0v) is 19.1. The van der Waals surface area contributed by atoms with Crippen molar-refractivity contribution >= 4 is 39.2 Å². The highest BCUT2D eigenvalue weighted by Gasteiger charge is 2.29. The highest BCUT2D eigenvalue weighted by Crippen LogP contribution is 2.27. The number of nitrogens with one attached hydrogen (secondary N) is 1. The molecule has 0 fully saturated rings. The second-order valence-electron chi connectivity index (χ2n) is 7.49. The third-order valence-corrected chi connectivity index (χ3v) is 7.45. The molecule has 1 aliphatic heterocycles. The van der Waals surface area contributed by atoms with Gasteiger partial charge in [-0.3, -0.25) is 4.79 Å². The summed E-state index contributed by atoms with van der Waals surface area (Å²) in [6.07, 6.45) is 0.606. The topological polar surface area (TPSA) is 92.8 Å². The van der Waals surface area contributed by atoms with E-state index in [1.807, 2.05) is 24.3 Å². The van der Waals surface area contributed by atoms with Gasteiger partial charge in [-0.2, -0.15) is 4.31 Å². The lowest BCUT2D eigenvalue weighted by molar-refractivity contribution is -0.119. The van der Waals surface area contributed by atoms with Crippen LogP contribution in [0, 0.1) is 0 Å². The number of hydrogen-bond acceptors (Lipinski definition) is 5. The number of hydrogen-bond donors (Lipinski definition) is 1. The summed E-state index contributed by atoms with van der Waals surface area (Å²) in [6.45, 7) is 0.0475. The zero-order valence-electron chi connectivity index (χ0n) is 17.5. The molecule has 0 aliphatic carbocycles. The lowest BCUT2D eigenvalue weighted by atomic mass is 10.0. The number of esters is 1. The first-order valence-corrected chi connectivity index (χ1v) is 12.0. The van der Waals surface area contributed by atoms with Crippen molar-refractivity contribution < 1.29 is 22.7 Å². The highest BCUT2D eigenvalue weighted by molar-refractivity contribution is 7.89. The summed E-state index contributed by atoms with van der Waals surface area (Å²) in [5.74, 6) is -1.41. The van der Waals surface area contributed by atoms with Crippen LogP contribution in [0.1, 0.15) is 21.5 Å². The average molecular weight is 485 g/mol. The Morgan fingerprint density at radius 3 is 2.42 bits per heavy atom. The minimum Gasteiger partial charge on any atom is -0.452 e. The molecule has 0 unspecified atom stereocenters. The number of fused-ring (bicyclic) bond motifs is 1. The molecular formula is C24H21ClN2O5S. The molecule has 1 aliphatic rings. The number of benzene rings is 3. The number of halogens is 1. The molecule has 170 valence electrons. The number of carbonyl (C=O) groups excluding carboxylic acids is 2. The van der Waals surface area contributed by atoms with Crippen molar-refractivity contribution in [2.24, 2.45) is 0 Å². The van der Waals surface area contributed by atoms with Gasteiger partial charge in [0.05, 0.1) is 15.5 Å². The van der Waals surface area contributed by atoms with Gasteiger partial charge in [0, 0.05) is 18.8 Å². The molecule has 1 heterocycles. The first-order valence-electron chi connectivity index (χ1n) is 10.2. The summed E-state index contributed by atoms with van der Waals surface area (Å²) in [7, 11) is -3.86. The van der Waals surface area contributed by atoms with Crippen LogP contribution >= 0.6 is 11.6 Å². The number of anilines is 1. The summed E-state index contributed by atoms with van der Waals surface area (Å²) in [5.41, 5.74) is 2.51. The van der Waals surface area contributed by atoms with E-state index in [9.17, 15) is 18.0 Å². The van der Waals surface area contributed by atoms with Gasteiger partial charge in [0.1, 0.15) is 0 Å². The molecule has 0 saturated carbocycles. The Hall–Kier alpha value is -3.20. The first-order chi connectivity index (χ1) is 15.8. The Balaban J connectivity index is 1.47. The van der Waals surface area contributed by atoms with Crippen LogP contribution in [0.3, 0.4) is 0 Å². The number of amides is 1. The number of nitrogens with zero attached hydrogens (tertiary/aromatic N) is 1. The standard InChI is InChI=1S/C24H21ClN2O5S/c25-22-11-10-20(33(30,31)27-13-12-17-6-4-5-7-18(17)15-27)14-21(22)24(29)32-16-23(28)26-19-8-2-1-3-9-19/h1-11,14H,12-13,15-16H2,(H,26,28). The maximum Gasteiger partial charge on any atom is 0.340 e. The third-order valence-electron chi connectivity index (χ3n) is 5.28. The van der Waals surface area contributed by atoms with Gasteiger partial charge in [-0.15, -0.1) is 0 Å². The molecule has 4 rings (SSSR count). The van der Waals surface area contributed by atoms with Crippen LogP contribution in [-0.4, -0.2) is 37.8 Å². The van der Waals surface area contributed by atoms with Crippen LogP contribution in [0.25, 0.3) is 0 Å². The molecule has 1 N–H and O–H groups in total. The molecule has 0 radical (unpaired) electrons. The number of sulfonamides is 1. The van der Waals surface area contributed by atoms with Crippen LogP contribution in [0.15, 0.2) is 77.7 Å². The van der Waals surface area contributed by atoms with Gasteiger partial charge >= 0.3 is 5.97 Å². The monoisotopic (exact) mass is 484 g/mol. The lowest BCUT2D eigenvalue weighted by Crippen LogP contribution is -2.36. The predicted molar refractivity (Wildman–Crippen MR) is 125 cm³/mol. The molecule has 33 heavy (non-hydrogen) atoms. The van der Waals surface area contributed by atoms with Gasteiger partial charge in [-0.05, 0) is 47.9 Å². The van der Waals surface area contributed by atoms with Crippen LogP contribution in [-0.2, 0) is 32.5 Å². The van der Waals surface area contributed by atoms with Crippen LogP contribution < -0.4 is 5.32 Å². The molecule has 0 saturated heterocycles. The number of para-hydroxylation sites is 1. The van der Waals surface area contributed by atoms with Gasteiger partial charge in [-0.1, -0.05) is 54.1 Å². The van der Waals surface area contributed by atoms with Gasteiger partial charge in [0.2, 0.25) is 10.0 Å². The maximum absolute atomic E-state index is 13.2. The summed E-state index contributed by atoms with van der Waals surface area (Å²) in [5, 5.41) is 2.63. The van der Waals surface area contributed by atoms with Crippen LogP contribution in [0.4, 0.5) is 5.69 Å². The van der Waals surface area contributed by atoms with E-state index in [1.165, 1.54) is 22.5 Å². The van der Waals surface area contributed by atoms with Gasteiger partial charge in [-0.25, -0.2) is 13.2 Å². The Morgan fingerprint density at radius 2 is 1.67 bits per heavy atom. The number of carbonyl (C=O) groups is 2. The molecule has 7 nitrogen and oxygen atoms in total. The van der Waals surface area contributed by atoms with E-state index in [-0.39, 0.29) is 22.0 Å². The zero-order chi connectivity index (χ0) is 23.4. The SMILES string of the molecule is O=C(COC(=O)c1cc(S(=O)(=O)N2CCc3ccccc3C2)ccc1Cl)Nc1ccccc1. The number of rotatable bonds is 6. The molecule has 0 atom stereocenters. The van der Waals surface area contributed by atoms with E-state index in [0.29, 0.717) is 18.7 Å². The minimum atomic E-state index is -3.86. The Morgan fingerprint density at radius 1 is 0.970 bits per heavy atom. The maximum atomic E-state index is 13.2. The minimum absolute atomic E-state index is 0.0337. The van der Waals surface area contributed by atoms with E-state index < -0.39 is 28.5 Å². The van der Waals surface area contributed by atoms with E-state index in [2.05, 4.69) is 5.32 Å². The Kier molecular flexibility index (Phi) is 6.78. The lowest BCUT2D eigenvalue weighted by Gasteiger charge is -2.28. The summed E-state index contributed by atoms with van der Waals surface area (Å²) in [6, 6.07) is 20.3. The largest absolute Gasteiger partial charge is 0.452 e. The van der Waals surface area contributed by atoms with Crippen molar-refractivity contribution in [2.45, 2.75) is 17.9 Å². The highest BCUT2D eigenvalue weighted by atomic mass is 35.5. The predicted octanol–water partition coefficient (Wildman–Crippen LogP) is 3.88. The number of ether oxygens (including phenoxy) is 1. The van der Waals surface area contributed by atoms with E-state index >= 15 is 0 Å². The van der Waals surface area contributed by atoms with Crippen LogP contribution in [0.2, 0.25) is 5.02 Å². The molecule has 9 heteroatoms. The molecule has 0 spiro atoms. The van der Waals surface area contributed by atoms with Crippen molar-refractivity contribution in [3.8, 4) is 0 Å². The van der Waals surface area contributed by atoms with Gasteiger partial charge in [0.25, 0.3) is 5.91 Å². The summed E-state index contributed by atoms with van der Waals surface area (Å²) in [4.78, 5) is 24.5. The fraction of sp³-hybridized carbons (Fsp3) is 0.167. The molecular weight excluding hydrogens is 464 g/mol. The first kappa shape index (κ1) is 23.0. The second kappa shape index (κ2) is 9.74. The third kappa shape index (κ3) is 5.24. The van der Waals surface area contributed by atoms with Crippen molar-refractivity contribution in [1.29, 1.82) is 0 Å². The summed E-state index contributed by atoms with van der Waals surface area (Å²) < 4.78 is 32.9. The Bertz CT molecular complexity index is 1300. The molecule has 3 aromatic rings. The Labute approximate surface area is 197 Å². The smallest absolute Gasteiger partial charge is 0.340 e. The van der Waals surface area contributed by atoms with E-state index in [0.717, 1.165) is 11.1 Å². The molecule has 0 bridgehead atoms. The molecule has 0 aromatic heterocycles. The second-order valence-corrected chi connectivity index (χ2v) is 9.83. The quantitative estimate of drug-likeness (QED) is 0.536. The molecule has 3 aromatic carbocycles. The normalized spacial score (nSPS) is 13.7. The van der Waals surface area contributed by atoms with E-state index in [1.54, 1.807) is 30.3 Å². The van der Waals surface area contributed by atoms with Crippen molar-refractivity contribution in [2.75, 3.05) is 18.5 Å². The fourth-order valence-electron chi connectivity index (χ4n) is 3.57. The average Bonchev–Trinajstić information content (AvgIpc) is 2.83.